The average Bonchev–Trinajstić information content (AvgIpc) is 2.54. The molecule has 0 radical (unpaired) electrons. The Hall–Kier alpha value is -0.400. The fourth-order valence-electron chi connectivity index (χ4n) is 1.96. The fraction of sp³-hybridized carbons (Fsp3) is 0.800. The van der Waals surface area contributed by atoms with Gasteiger partial charge in [-0.25, -0.2) is 0 Å². The summed E-state index contributed by atoms with van der Waals surface area (Å²) >= 11 is 0. The maximum absolute atomic E-state index is 11.5. The zero-order valence-corrected chi connectivity index (χ0v) is 9.43. The lowest BCUT2D eigenvalue weighted by atomic mass is 9.89. The molecule has 1 aliphatic carbocycles. The van der Waals surface area contributed by atoms with E-state index in [4.69, 9.17) is 5.11 Å². The summed E-state index contributed by atoms with van der Waals surface area (Å²) in [6.45, 7) is 1.96. The van der Waals surface area contributed by atoms with Gasteiger partial charge in [-0.15, -0.1) is 0 Å². The van der Waals surface area contributed by atoms with Gasteiger partial charge >= 0.3 is 5.97 Å². The second-order valence-electron chi connectivity index (χ2n) is 3.94. The van der Waals surface area contributed by atoms with Gasteiger partial charge in [0, 0.05) is 7.77 Å². The van der Waals surface area contributed by atoms with Crippen molar-refractivity contribution in [2.24, 2.45) is 5.41 Å². The predicted molar refractivity (Wildman–Crippen MR) is 56.7 cm³/mol. The maximum atomic E-state index is 11.5. The van der Waals surface area contributed by atoms with E-state index in [0.717, 1.165) is 19.3 Å². The topological polar surface area (TPSA) is 60.4 Å². The summed E-state index contributed by atoms with van der Waals surface area (Å²) in [6.07, 6.45) is 4.67. The number of carboxylic acid groups (broad SMARTS) is 1. The Labute approximate surface area is 85.6 Å². The van der Waals surface area contributed by atoms with E-state index in [2.05, 4.69) is 0 Å². The molecule has 3 nitrogen and oxygen atoms in total. The van der Waals surface area contributed by atoms with Gasteiger partial charge in [-0.3, -0.25) is 4.79 Å². The molecule has 0 heterocycles. The molecule has 0 amide bonds. The van der Waals surface area contributed by atoms with Gasteiger partial charge in [0.1, 0.15) is 11.6 Å². The third-order valence-electron chi connectivity index (χ3n) is 2.76. The van der Waals surface area contributed by atoms with Gasteiger partial charge in [0.05, 0.1) is 5.80 Å². The van der Waals surface area contributed by atoms with Crippen LogP contribution in [-0.2, 0) is 4.79 Å². The van der Waals surface area contributed by atoms with Crippen molar-refractivity contribution in [3.05, 3.63) is 0 Å². The minimum Gasteiger partial charge on any atom is -0.631 e. The highest BCUT2D eigenvalue weighted by Crippen LogP contribution is 2.39. The van der Waals surface area contributed by atoms with Crippen LogP contribution in [-0.4, -0.2) is 23.0 Å². The predicted octanol–water partition coefficient (Wildman–Crippen LogP) is 1.60. The van der Waals surface area contributed by atoms with Crippen molar-refractivity contribution in [1.82, 2.24) is 0 Å². The van der Waals surface area contributed by atoms with E-state index in [1.54, 1.807) is 5.80 Å². The van der Waals surface area contributed by atoms with Gasteiger partial charge in [0.25, 0.3) is 0 Å². The molecule has 14 heavy (non-hydrogen) atoms. The molecular formula is C10H17O3P. The van der Waals surface area contributed by atoms with Crippen LogP contribution < -0.4 is 4.89 Å². The first-order valence-corrected chi connectivity index (χ1v) is 6.65. The molecule has 0 aromatic heterocycles. The second-order valence-corrected chi connectivity index (χ2v) is 5.48. The molecule has 1 fully saturated rings. The lowest BCUT2D eigenvalue weighted by Crippen LogP contribution is -2.29. The Kier molecular flexibility index (Phi) is 4.09. The highest BCUT2D eigenvalue weighted by atomic mass is 31.1. The first-order valence-electron chi connectivity index (χ1n) is 5.14. The molecule has 1 N–H and O–H groups in total. The molecule has 1 aliphatic rings. The first-order chi connectivity index (χ1) is 6.60. The van der Waals surface area contributed by atoms with Crippen molar-refractivity contribution < 1.29 is 14.8 Å². The van der Waals surface area contributed by atoms with Crippen molar-refractivity contribution >= 4 is 19.5 Å². The molecule has 1 atom stereocenters. The molecular weight excluding hydrogens is 199 g/mol. The monoisotopic (exact) mass is 216 g/mol. The molecule has 1 rings (SSSR count). The summed E-state index contributed by atoms with van der Waals surface area (Å²) in [7, 11) is -1.43. The lowest BCUT2D eigenvalue weighted by molar-refractivity contribution is -0.154. The molecule has 0 saturated heterocycles. The Morgan fingerprint density at radius 3 is 2.57 bits per heavy atom. The lowest BCUT2D eigenvalue weighted by Gasteiger charge is -2.16. The Bertz CT molecular complexity index is 242. The highest BCUT2D eigenvalue weighted by molar-refractivity contribution is 7.50. The SMILES string of the molecule is CCC[P+]([O-])=CC1(C(=O)O)CCCC1. The Morgan fingerprint density at radius 1 is 1.57 bits per heavy atom. The third-order valence-corrected chi connectivity index (χ3v) is 4.43. The Morgan fingerprint density at radius 2 is 2.14 bits per heavy atom. The van der Waals surface area contributed by atoms with Gasteiger partial charge in [-0.05, 0) is 19.3 Å². The summed E-state index contributed by atoms with van der Waals surface area (Å²) < 4.78 is 0. The van der Waals surface area contributed by atoms with Crippen LogP contribution in [0.1, 0.15) is 39.0 Å². The third kappa shape index (κ3) is 2.55. The quantitative estimate of drug-likeness (QED) is 0.726. The van der Waals surface area contributed by atoms with Crippen LogP contribution in [0.25, 0.3) is 0 Å². The fourth-order valence-corrected chi connectivity index (χ4v) is 3.45. The zero-order chi connectivity index (χ0) is 10.6. The summed E-state index contributed by atoms with van der Waals surface area (Å²) in [5, 5.41) is 9.12. The number of aliphatic carboxylic acids is 1. The van der Waals surface area contributed by atoms with Gasteiger partial charge < -0.3 is 10.00 Å². The first kappa shape index (κ1) is 11.7. The van der Waals surface area contributed by atoms with Crippen LogP contribution in [0.15, 0.2) is 0 Å². The molecule has 0 spiro atoms. The highest BCUT2D eigenvalue weighted by Gasteiger charge is 2.42. The van der Waals surface area contributed by atoms with Gasteiger partial charge in [0.15, 0.2) is 0 Å². The number of carboxylic acids is 1. The number of hydrogen-bond acceptors (Lipinski definition) is 2. The van der Waals surface area contributed by atoms with Crippen molar-refractivity contribution in [3.63, 3.8) is 0 Å². The number of hydrogen-bond donors (Lipinski definition) is 1. The van der Waals surface area contributed by atoms with Crippen LogP contribution in [0.4, 0.5) is 0 Å². The molecule has 0 aromatic rings. The van der Waals surface area contributed by atoms with Crippen LogP contribution >= 0.6 is 7.77 Å². The summed E-state index contributed by atoms with van der Waals surface area (Å²) in [5.41, 5.74) is -0.775. The molecule has 4 heteroatoms. The van der Waals surface area contributed by atoms with Crippen molar-refractivity contribution in [2.45, 2.75) is 39.0 Å². The van der Waals surface area contributed by atoms with E-state index in [1.165, 1.54) is 0 Å². The normalized spacial score (nSPS) is 21.1. The van der Waals surface area contributed by atoms with Crippen LogP contribution in [0.5, 0.6) is 0 Å². The van der Waals surface area contributed by atoms with E-state index in [-0.39, 0.29) is 0 Å². The Balaban J connectivity index is 2.78. The van der Waals surface area contributed by atoms with Crippen molar-refractivity contribution in [2.75, 3.05) is 6.16 Å². The maximum Gasteiger partial charge on any atom is 0.317 e. The minimum absolute atomic E-state index is 0.615. The summed E-state index contributed by atoms with van der Waals surface area (Å²) in [6, 6.07) is 0. The van der Waals surface area contributed by atoms with Gasteiger partial charge in [-0.2, -0.15) is 0 Å². The van der Waals surface area contributed by atoms with Gasteiger partial charge in [0.2, 0.25) is 0 Å². The molecule has 0 aromatic carbocycles. The molecule has 1 saturated carbocycles. The largest absolute Gasteiger partial charge is 0.631 e. The van der Waals surface area contributed by atoms with Crippen LogP contribution in [0.3, 0.4) is 0 Å². The van der Waals surface area contributed by atoms with E-state index < -0.39 is 19.2 Å². The average molecular weight is 216 g/mol. The smallest absolute Gasteiger partial charge is 0.317 e. The van der Waals surface area contributed by atoms with Crippen LogP contribution in [0.2, 0.25) is 0 Å². The van der Waals surface area contributed by atoms with Crippen molar-refractivity contribution in [1.29, 1.82) is 0 Å². The molecule has 0 bridgehead atoms. The molecule has 0 aliphatic heterocycles. The standard InChI is InChI=1S/C10H17O3P/c1-2-7-14(13)8-10(9(11)12)5-3-4-6-10/h8H,2-7H2,1H3,(H,11,12). The summed E-state index contributed by atoms with van der Waals surface area (Å²) in [4.78, 5) is 22.6. The van der Waals surface area contributed by atoms with E-state index in [1.807, 2.05) is 6.92 Å². The van der Waals surface area contributed by atoms with Gasteiger partial charge in [-0.1, -0.05) is 19.8 Å². The van der Waals surface area contributed by atoms with Crippen molar-refractivity contribution in [3.8, 4) is 0 Å². The van der Waals surface area contributed by atoms with E-state index in [0.29, 0.717) is 19.0 Å². The van der Waals surface area contributed by atoms with E-state index in [9.17, 15) is 9.69 Å². The minimum atomic E-state index is -1.43. The van der Waals surface area contributed by atoms with E-state index >= 15 is 0 Å². The zero-order valence-electron chi connectivity index (χ0n) is 8.53. The molecule has 1 unspecified atom stereocenters. The second kappa shape index (κ2) is 4.90. The number of rotatable bonds is 4. The van der Waals surface area contributed by atoms with Crippen LogP contribution in [0, 0.1) is 5.41 Å². The number of carbonyl (C=O) groups is 1. The summed E-state index contributed by atoms with van der Waals surface area (Å²) in [5.74, 6) is 0.802. The molecule has 80 valence electrons.